The summed E-state index contributed by atoms with van der Waals surface area (Å²) in [4.78, 5) is 13.2. The predicted octanol–water partition coefficient (Wildman–Crippen LogP) is 3.21. The number of rotatable bonds is 3. The lowest BCUT2D eigenvalue weighted by Gasteiger charge is -2.06. The zero-order valence-corrected chi connectivity index (χ0v) is 12.1. The molecular weight excluding hydrogens is 300 g/mol. The monoisotopic (exact) mass is 312 g/mol. The molecular formula is C11H13BrN4S. The van der Waals surface area contributed by atoms with Crippen LogP contribution in [0.4, 0.5) is 5.82 Å². The van der Waals surface area contributed by atoms with E-state index in [2.05, 4.69) is 37.8 Å². The van der Waals surface area contributed by atoms with Gasteiger partial charge in [0.25, 0.3) is 0 Å². The van der Waals surface area contributed by atoms with E-state index in [4.69, 9.17) is 5.73 Å². The van der Waals surface area contributed by atoms with Crippen LogP contribution >= 0.6 is 27.3 Å². The second-order valence-electron chi connectivity index (χ2n) is 3.69. The van der Waals surface area contributed by atoms with Crippen molar-refractivity contribution in [2.75, 3.05) is 5.73 Å². The Kier molecular flexibility index (Phi) is 3.73. The van der Waals surface area contributed by atoms with Gasteiger partial charge in [0.15, 0.2) is 5.82 Å². The predicted molar refractivity (Wildman–Crippen MR) is 74.0 cm³/mol. The molecule has 0 saturated heterocycles. The fourth-order valence-electron chi connectivity index (χ4n) is 1.50. The highest BCUT2D eigenvalue weighted by Crippen LogP contribution is 2.26. The van der Waals surface area contributed by atoms with Gasteiger partial charge in [-0.05, 0) is 29.3 Å². The Morgan fingerprint density at radius 3 is 2.71 bits per heavy atom. The minimum atomic E-state index is 0.476. The number of nitrogens with zero attached hydrogens (tertiary/aromatic N) is 3. The molecule has 0 radical (unpaired) electrons. The van der Waals surface area contributed by atoms with E-state index in [1.54, 1.807) is 11.3 Å². The summed E-state index contributed by atoms with van der Waals surface area (Å²) in [5.41, 5.74) is 7.61. The van der Waals surface area contributed by atoms with Crippen molar-refractivity contribution < 1.29 is 0 Å². The maximum absolute atomic E-state index is 5.87. The van der Waals surface area contributed by atoms with Crippen LogP contribution < -0.4 is 5.73 Å². The zero-order valence-electron chi connectivity index (χ0n) is 9.70. The highest BCUT2D eigenvalue weighted by molar-refractivity contribution is 9.10. The van der Waals surface area contributed by atoms with Crippen LogP contribution in [0.1, 0.15) is 24.0 Å². The van der Waals surface area contributed by atoms with E-state index >= 15 is 0 Å². The summed E-state index contributed by atoms with van der Waals surface area (Å²) >= 11 is 5.01. The molecule has 0 unspecified atom stereocenters. The topological polar surface area (TPSA) is 64.7 Å². The molecule has 0 aliphatic rings. The second-order valence-corrected chi connectivity index (χ2v) is 5.55. The van der Waals surface area contributed by atoms with Gasteiger partial charge in [-0.3, -0.25) is 0 Å². The number of aromatic nitrogens is 3. The minimum absolute atomic E-state index is 0.476. The van der Waals surface area contributed by atoms with Crippen LogP contribution in [0.5, 0.6) is 0 Å². The van der Waals surface area contributed by atoms with Crippen LogP contribution in [0.15, 0.2) is 9.85 Å². The number of halogens is 1. The molecule has 0 fully saturated rings. The lowest BCUT2D eigenvalue weighted by molar-refractivity contribution is 0.869. The largest absolute Gasteiger partial charge is 0.383 e. The summed E-state index contributed by atoms with van der Waals surface area (Å²) in [5, 5.41) is 2.95. The summed E-state index contributed by atoms with van der Waals surface area (Å²) in [7, 11) is 0. The molecule has 0 atom stereocenters. The number of hydrogen-bond acceptors (Lipinski definition) is 5. The normalized spacial score (nSPS) is 10.8. The molecule has 0 aliphatic carbocycles. The first-order chi connectivity index (χ1) is 8.11. The third-order valence-corrected chi connectivity index (χ3v) is 3.92. The molecule has 2 N–H and O–H groups in total. The second kappa shape index (κ2) is 5.10. The molecule has 0 aromatic carbocycles. The van der Waals surface area contributed by atoms with Crippen LogP contribution in [0.2, 0.25) is 0 Å². The first-order valence-electron chi connectivity index (χ1n) is 5.36. The van der Waals surface area contributed by atoms with E-state index in [1.165, 1.54) is 0 Å². The van der Waals surface area contributed by atoms with Crippen molar-refractivity contribution in [3.63, 3.8) is 0 Å². The fraction of sp³-hybridized carbons (Fsp3) is 0.364. The highest BCUT2D eigenvalue weighted by Gasteiger charge is 2.12. The van der Waals surface area contributed by atoms with E-state index < -0.39 is 0 Å². The lowest BCUT2D eigenvalue weighted by atomic mass is 10.2. The summed E-state index contributed by atoms with van der Waals surface area (Å²) in [6, 6.07) is 0. The van der Waals surface area contributed by atoms with Crippen molar-refractivity contribution >= 4 is 33.1 Å². The van der Waals surface area contributed by atoms with Crippen LogP contribution in [-0.4, -0.2) is 15.0 Å². The van der Waals surface area contributed by atoms with Crippen LogP contribution in [-0.2, 0) is 6.42 Å². The molecule has 0 spiro atoms. The maximum Gasteiger partial charge on any atom is 0.181 e. The number of hydrogen-bond donors (Lipinski definition) is 1. The molecule has 2 rings (SSSR count). The fourth-order valence-corrected chi connectivity index (χ4v) is 2.46. The van der Waals surface area contributed by atoms with E-state index in [-0.39, 0.29) is 0 Å². The van der Waals surface area contributed by atoms with E-state index in [0.29, 0.717) is 11.6 Å². The Hall–Kier alpha value is -1.01. The number of thiazole rings is 1. The molecule has 2 aromatic heterocycles. The van der Waals surface area contributed by atoms with Gasteiger partial charge < -0.3 is 5.73 Å². The van der Waals surface area contributed by atoms with E-state index in [0.717, 1.165) is 33.7 Å². The Bertz CT molecular complexity index is 538. The van der Waals surface area contributed by atoms with Crippen molar-refractivity contribution in [3.05, 3.63) is 20.6 Å². The molecule has 4 nitrogen and oxygen atoms in total. The average Bonchev–Trinajstić information content (AvgIpc) is 2.71. The first kappa shape index (κ1) is 12.4. The summed E-state index contributed by atoms with van der Waals surface area (Å²) in [6.07, 6.45) is 1.90. The quantitative estimate of drug-likeness (QED) is 0.945. The Morgan fingerprint density at radius 1 is 1.35 bits per heavy atom. The molecule has 6 heteroatoms. The molecule has 17 heavy (non-hydrogen) atoms. The smallest absolute Gasteiger partial charge is 0.181 e. The molecule has 0 saturated carbocycles. The maximum atomic E-state index is 5.87. The average molecular weight is 313 g/mol. The number of nitrogen functional groups attached to an aromatic ring is 1. The van der Waals surface area contributed by atoms with Gasteiger partial charge in [-0.1, -0.05) is 13.3 Å². The Balaban J connectivity index is 2.48. The summed E-state index contributed by atoms with van der Waals surface area (Å²) in [6.45, 7) is 4.07. The SMILES string of the molecule is CCCc1nc(-c2csc(C)n2)nc(N)c1Br. The van der Waals surface area contributed by atoms with Crippen molar-refractivity contribution in [2.24, 2.45) is 0 Å². The Morgan fingerprint density at radius 2 is 2.12 bits per heavy atom. The van der Waals surface area contributed by atoms with E-state index in [9.17, 15) is 0 Å². The Labute approximate surface area is 112 Å². The zero-order chi connectivity index (χ0) is 12.4. The molecule has 2 heterocycles. The highest BCUT2D eigenvalue weighted by atomic mass is 79.9. The minimum Gasteiger partial charge on any atom is -0.383 e. The van der Waals surface area contributed by atoms with Crippen LogP contribution in [0.25, 0.3) is 11.5 Å². The van der Waals surface area contributed by atoms with Gasteiger partial charge in [-0.15, -0.1) is 11.3 Å². The van der Waals surface area contributed by atoms with Gasteiger partial charge in [0.1, 0.15) is 11.5 Å². The summed E-state index contributed by atoms with van der Waals surface area (Å²) in [5.74, 6) is 1.09. The molecule has 0 aliphatic heterocycles. The van der Waals surface area contributed by atoms with Gasteiger partial charge in [-0.2, -0.15) is 0 Å². The third-order valence-electron chi connectivity index (χ3n) is 2.28. The first-order valence-corrected chi connectivity index (χ1v) is 7.03. The van der Waals surface area contributed by atoms with Gasteiger partial charge in [0.05, 0.1) is 15.2 Å². The van der Waals surface area contributed by atoms with Gasteiger partial charge in [-0.25, -0.2) is 15.0 Å². The number of nitrogens with two attached hydrogens (primary N) is 1. The number of anilines is 1. The van der Waals surface area contributed by atoms with Gasteiger partial charge in [0, 0.05) is 5.38 Å². The molecule has 2 aromatic rings. The molecule has 0 bridgehead atoms. The van der Waals surface area contributed by atoms with Gasteiger partial charge >= 0.3 is 0 Å². The molecule has 0 amide bonds. The standard InChI is InChI=1S/C11H13BrN4S/c1-3-4-7-9(12)10(13)16-11(15-7)8-5-17-6(2)14-8/h5H,3-4H2,1-2H3,(H2,13,15,16). The van der Waals surface area contributed by atoms with Crippen molar-refractivity contribution in [2.45, 2.75) is 26.7 Å². The van der Waals surface area contributed by atoms with Crippen molar-refractivity contribution in [1.29, 1.82) is 0 Å². The van der Waals surface area contributed by atoms with Crippen molar-refractivity contribution in [1.82, 2.24) is 15.0 Å². The molecule has 90 valence electrons. The third kappa shape index (κ3) is 2.63. The van der Waals surface area contributed by atoms with Crippen molar-refractivity contribution in [3.8, 4) is 11.5 Å². The van der Waals surface area contributed by atoms with Crippen LogP contribution in [0.3, 0.4) is 0 Å². The van der Waals surface area contributed by atoms with Crippen LogP contribution in [0, 0.1) is 6.92 Å². The summed E-state index contributed by atoms with van der Waals surface area (Å²) < 4.78 is 0.801. The number of aryl methyl sites for hydroxylation is 2. The lowest BCUT2D eigenvalue weighted by Crippen LogP contribution is -2.03. The van der Waals surface area contributed by atoms with E-state index in [1.807, 2.05) is 12.3 Å². The van der Waals surface area contributed by atoms with Gasteiger partial charge in [0.2, 0.25) is 0 Å².